The van der Waals surface area contributed by atoms with Gasteiger partial charge in [-0.3, -0.25) is 0 Å². The summed E-state index contributed by atoms with van der Waals surface area (Å²) in [6, 6.07) is 0. The summed E-state index contributed by atoms with van der Waals surface area (Å²) in [4.78, 5) is 0. The van der Waals surface area contributed by atoms with E-state index in [9.17, 15) is 5.11 Å². The van der Waals surface area contributed by atoms with E-state index >= 15 is 0 Å². The molecule has 0 amide bonds. The monoisotopic (exact) mass is 404 g/mol. The molecule has 0 spiro atoms. The van der Waals surface area contributed by atoms with Crippen LogP contribution in [0.3, 0.4) is 0 Å². The second kappa shape index (κ2) is 5.26. The summed E-state index contributed by atoms with van der Waals surface area (Å²) in [5.41, 5.74) is 0.756. The Morgan fingerprint density at radius 2 is 1.40 bits per heavy atom. The standard InChI is InChI=1S/C29H40O/c1-13-17-10-20(28(13)30)25-19-12-22(26(17)25)29(16-5-3-2-4-6-16)21-11-18(27(19)29)23-14-7-8-15(9-14)24(21)23/h7-8,13-28,30H,2-6,9-12H2,1H3. The first-order valence-electron chi connectivity index (χ1n) is 14.1. The molecule has 0 saturated heterocycles. The third-order valence-corrected chi connectivity index (χ3v) is 14.3. The highest BCUT2D eigenvalue weighted by molar-refractivity contribution is 5.32. The van der Waals surface area contributed by atoms with E-state index in [4.69, 9.17) is 0 Å². The minimum absolute atomic E-state index is 0.0384. The van der Waals surface area contributed by atoms with Gasteiger partial charge in [-0.2, -0.15) is 0 Å². The Morgan fingerprint density at radius 3 is 2.20 bits per heavy atom. The number of aliphatic hydroxyl groups excluding tert-OH is 1. The molecule has 16 unspecified atom stereocenters. The van der Waals surface area contributed by atoms with Gasteiger partial charge in [0.25, 0.3) is 0 Å². The van der Waals surface area contributed by atoms with Crippen LogP contribution in [0, 0.1) is 94.2 Å². The van der Waals surface area contributed by atoms with Crippen LogP contribution in [0.25, 0.3) is 0 Å². The second-order valence-corrected chi connectivity index (χ2v) is 14.0. The van der Waals surface area contributed by atoms with Crippen molar-refractivity contribution in [3.05, 3.63) is 12.2 Å². The molecule has 8 fully saturated rings. The van der Waals surface area contributed by atoms with E-state index in [1.54, 1.807) is 25.7 Å². The zero-order chi connectivity index (χ0) is 19.5. The van der Waals surface area contributed by atoms with E-state index in [2.05, 4.69) is 19.1 Å². The van der Waals surface area contributed by atoms with Gasteiger partial charge in [0.15, 0.2) is 0 Å². The van der Waals surface area contributed by atoms with E-state index in [0.29, 0.717) is 11.8 Å². The SMILES string of the molecule is CC1C(O)C2CC1C1C2C2CC1C1(C3CCCCC3)C3CC(C4C5C=CC(C5)C43)C21. The lowest BCUT2D eigenvalue weighted by molar-refractivity contribution is -0.150. The van der Waals surface area contributed by atoms with Crippen molar-refractivity contribution in [2.75, 3.05) is 0 Å². The van der Waals surface area contributed by atoms with Gasteiger partial charge in [-0.15, -0.1) is 0 Å². The highest BCUT2D eigenvalue weighted by Crippen LogP contribution is 2.87. The van der Waals surface area contributed by atoms with E-state index in [0.717, 1.165) is 82.3 Å². The first kappa shape index (κ1) is 17.2. The summed E-state index contributed by atoms with van der Waals surface area (Å²) in [6.45, 7) is 2.42. The van der Waals surface area contributed by atoms with Crippen molar-refractivity contribution in [3.8, 4) is 0 Å². The van der Waals surface area contributed by atoms with Gasteiger partial charge in [-0.05, 0) is 133 Å². The Bertz CT molecular complexity index is 824. The summed E-state index contributed by atoms with van der Waals surface area (Å²) in [6.07, 6.45) is 19.3. The highest BCUT2D eigenvalue weighted by atomic mass is 16.3. The quantitative estimate of drug-likeness (QED) is 0.433. The number of allylic oxidation sites excluding steroid dienone is 2. The fourth-order valence-electron chi connectivity index (χ4n) is 14.4. The minimum atomic E-state index is 0.0384. The summed E-state index contributed by atoms with van der Waals surface area (Å²) in [5.74, 6) is 14.6. The van der Waals surface area contributed by atoms with Crippen LogP contribution in [0.15, 0.2) is 12.2 Å². The van der Waals surface area contributed by atoms with Gasteiger partial charge in [0.1, 0.15) is 0 Å². The molecular weight excluding hydrogens is 364 g/mol. The van der Waals surface area contributed by atoms with Gasteiger partial charge in [0.05, 0.1) is 6.10 Å². The third kappa shape index (κ3) is 1.55. The van der Waals surface area contributed by atoms with Crippen LogP contribution >= 0.6 is 0 Å². The Kier molecular flexibility index (Phi) is 3.02. The lowest BCUT2D eigenvalue weighted by atomic mass is 9.43. The average Bonchev–Trinajstić information content (AvgIpc) is 3.59. The molecule has 9 rings (SSSR count). The number of hydrogen-bond donors (Lipinski definition) is 1. The zero-order valence-electron chi connectivity index (χ0n) is 18.7. The van der Waals surface area contributed by atoms with Crippen LogP contribution in [0.2, 0.25) is 0 Å². The Balaban J connectivity index is 1.21. The van der Waals surface area contributed by atoms with Crippen LogP contribution in [-0.2, 0) is 0 Å². The van der Waals surface area contributed by atoms with E-state index < -0.39 is 0 Å². The van der Waals surface area contributed by atoms with Gasteiger partial charge in [0, 0.05) is 0 Å². The number of rotatable bonds is 1. The maximum atomic E-state index is 11.1. The molecule has 0 aromatic heterocycles. The van der Waals surface area contributed by atoms with Gasteiger partial charge in [-0.1, -0.05) is 38.3 Å². The van der Waals surface area contributed by atoms with Crippen molar-refractivity contribution in [1.29, 1.82) is 0 Å². The predicted molar refractivity (Wildman–Crippen MR) is 117 cm³/mol. The lowest BCUT2D eigenvalue weighted by Gasteiger charge is -2.61. The van der Waals surface area contributed by atoms with Gasteiger partial charge >= 0.3 is 0 Å². The van der Waals surface area contributed by atoms with Crippen molar-refractivity contribution in [3.63, 3.8) is 0 Å². The van der Waals surface area contributed by atoms with Crippen LogP contribution in [0.4, 0.5) is 0 Å². The minimum Gasteiger partial charge on any atom is -0.393 e. The van der Waals surface area contributed by atoms with Crippen LogP contribution < -0.4 is 0 Å². The summed E-state index contributed by atoms with van der Waals surface area (Å²) in [7, 11) is 0. The summed E-state index contributed by atoms with van der Waals surface area (Å²) in [5, 5.41) is 11.1. The molecule has 9 aliphatic carbocycles. The molecule has 1 N–H and O–H groups in total. The molecule has 0 aliphatic heterocycles. The van der Waals surface area contributed by atoms with E-state index in [1.807, 2.05) is 0 Å². The maximum Gasteiger partial charge on any atom is 0.0599 e. The fourth-order valence-corrected chi connectivity index (χ4v) is 14.4. The van der Waals surface area contributed by atoms with Crippen molar-refractivity contribution in [2.45, 2.75) is 70.8 Å². The predicted octanol–water partition coefficient (Wildman–Crippen LogP) is 5.79. The molecule has 162 valence electrons. The maximum absolute atomic E-state index is 11.1. The third-order valence-electron chi connectivity index (χ3n) is 14.3. The van der Waals surface area contributed by atoms with Crippen LogP contribution in [0.1, 0.15) is 64.7 Å². The Labute approximate surface area is 182 Å². The first-order valence-corrected chi connectivity index (χ1v) is 14.1. The molecule has 0 radical (unpaired) electrons. The largest absolute Gasteiger partial charge is 0.393 e. The van der Waals surface area contributed by atoms with Gasteiger partial charge in [0.2, 0.25) is 0 Å². The molecule has 8 saturated carbocycles. The molecule has 30 heavy (non-hydrogen) atoms. The molecule has 0 aromatic carbocycles. The zero-order valence-corrected chi connectivity index (χ0v) is 18.7. The number of fused-ring (bicyclic) bond motifs is 23. The normalized spacial score (nSPS) is 70.7. The summed E-state index contributed by atoms with van der Waals surface area (Å²) < 4.78 is 0. The highest BCUT2D eigenvalue weighted by Gasteiger charge is 2.82. The smallest absolute Gasteiger partial charge is 0.0599 e. The number of hydrogen-bond acceptors (Lipinski definition) is 1. The van der Waals surface area contributed by atoms with Crippen molar-refractivity contribution in [2.24, 2.45) is 94.2 Å². The van der Waals surface area contributed by atoms with Gasteiger partial charge in [-0.25, -0.2) is 0 Å². The summed E-state index contributed by atoms with van der Waals surface area (Å²) >= 11 is 0. The molecule has 1 heteroatoms. The Morgan fingerprint density at radius 1 is 0.700 bits per heavy atom. The van der Waals surface area contributed by atoms with E-state index in [-0.39, 0.29) is 6.10 Å². The van der Waals surface area contributed by atoms with Crippen molar-refractivity contribution < 1.29 is 5.11 Å². The average molecular weight is 405 g/mol. The van der Waals surface area contributed by atoms with Crippen molar-refractivity contribution >= 4 is 0 Å². The topological polar surface area (TPSA) is 20.2 Å². The van der Waals surface area contributed by atoms with Crippen molar-refractivity contribution in [1.82, 2.24) is 0 Å². The van der Waals surface area contributed by atoms with Crippen LogP contribution in [-0.4, -0.2) is 11.2 Å². The molecule has 16 atom stereocenters. The molecule has 8 bridgehead atoms. The second-order valence-electron chi connectivity index (χ2n) is 14.0. The Hall–Kier alpha value is -0.300. The molecule has 1 nitrogen and oxygen atoms in total. The first-order chi connectivity index (χ1) is 14.7. The number of aliphatic hydroxyl groups is 1. The molecule has 0 heterocycles. The lowest BCUT2D eigenvalue weighted by Crippen LogP contribution is -2.58. The van der Waals surface area contributed by atoms with Gasteiger partial charge < -0.3 is 5.11 Å². The molecule has 9 aliphatic rings. The molecule has 0 aromatic rings. The van der Waals surface area contributed by atoms with E-state index in [1.165, 1.54) is 32.1 Å². The fraction of sp³-hybridized carbons (Fsp3) is 0.931. The molecular formula is C29H40O. The van der Waals surface area contributed by atoms with Crippen LogP contribution in [0.5, 0.6) is 0 Å².